The van der Waals surface area contributed by atoms with Gasteiger partial charge in [0.25, 0.3) is 0 Å². The molecule has 1 unspecified atom stereocenters. The van der Waals surface area contributed by atoms with Crippen molar-refractivity contribution in [3.63, 3.8) is 0 Å². The molecule has 0 spiro atoms. The molecule has 0 fully saturated rings. The Morgan fingerprint density at radius 1 is 0.886 bits per heavy atom. The van der Waals surface area contributed by atoms with Crippen LogP contribution < -0.4 is 45.5 Å². The van der Waals surface area contributed by atoms with Gasteiger partial charge in [-0.2, -0.15) is 0 Å². The van der Waals surface area contributed by atoms with E-state index in [2.05, 4.69) is 20.9 Å². The van der Waals surface area contributed by atoms with Crippen LogP contribution in [-0.2, 0) is 14.4 Å². The van der Waals surface area contributed by atoms with Gasteiger partial charge in [-0.1, -0.05) is 60.7 Å². The van der Waals surface area contributed by atoms with Gasteiger partial charge in [-0.05, 0) is 35.2 Å². The van der Waals surface area contributed by atoms with Crippen LogP contribution in [0.1, 0.15) is 32.3 Å². The molecule has 0 aliphatic carbocycles. The van der Waals surface area contributed by atoms with Crippen LogP contribution in [0.2, 0.25) is 0 Å². The number of carbonyl (C=O) groups is 3. The summed E-state index contributed by atoms with van der Waals surface area (Å²) >= 11 is 0. The van der Waals surface area contributed by atoms with E-state index >= 15 is 0 Å². The summed E-state index contributed by atoms with van der Waals surface area (Å²) in [6.07, 6.45) is 2.26. The molecule has 0 aliphatic heterocycles. The first-order valence-corrected chi connectivity index (χ1v) is 11.1. The quantitative estimate of drug-likeness (QED) is 0.220. The van der Waals surface area contributed by atoms with E-state index in [4.69, 9.17) is 0 Å². The van der Waals surface area contributed by atoms with Gasteiger partial charge in [0, 0.05) is 19.2 Å². The van der Waals surface area contributed by atoms with Crippen molar-refractivity contribution in [3.8, 4) is 11.1 Å². The van der Waals surface area contributed by atoms with E-state index in [1.807, 2.05) is 72.8 Å². The van der Waals surface area contributed by atoms with Crippen LogP contribution in [-0.4, -0.2) is 41.0 Å². The monoisotopic (exact) mass is 484 g/mol. The van der Waals surface area contributed by atoms with E-state index in [0.717, 1.165) is 16.9 Å². The molecule has 4 N–H and O–H groups in total. The molecular weight excluding hydrogens is 455 g/mol. The van der Waals surface area contributed by atoms with Crippen LogP contribution in [0, 0.1) is 0 Å². The first-order valence-electron chi connectivity index (χ1n) is 11.1. The maximum atomic E-state index is 12.4. The minimum Gasteiger partial charge on any atom is -1.00 e. The number of benzene rings is 2. The molecule has 3 aromatic rings. The van der Waals surface area contributed by atoms with Crippen molar-refractivity contribution in [2.75, 3.05) is 18.4 Å². The van der Waals surface area contributed by atoms with Crippen molar-refractivity contribution in [2.45, 2.75) is 25.3 Å². The summed E-state index contributed by atoms with van der Waals surface area (Å²) in [6.45, 7) is 0.362. The Kier molecular flexibility index (Phi) is 12.0. The van der Waals surface area contributed by atoms with Gasteiger partial charge in [-0.25, -0.2) is 4.98 Å². The molecule has 0 saturated heterocycles. The number of aliphatic carboxylic acids is 1. The minimum atomic E-state index is -1.03. The van der Waals surface area contributed by atoms with E-state index in [9.17, 15) is 19.5 Å². The normalized spacial score (nSPS) is 11.0. The standard InChI is InChI=1S/C26H28N4O4.Na.H/c31-24(10-6-16-28-23-9-4-5-15-27-23)29-18-25(32)30-22(17-26(33)34)21-13-11-20(12-14-21)19-7-2-1-3-8-19;;/h1-5,7-9,11-15,22H,6,10,16-18H2,(H,27,28)(H,29,31)(H,30,32)(H,33,34);;/q;+1;-1. The number of carboxylic acid groups (broad SMARTS) is 1. The molecule has 8 nitrogen and oxygen atoms in total. The molecule has 0 bridgehead atoms. The van der Waals surface area contributed by atoms with Crippen molar-refractivity contribution in [1.82, 2.24) is 15.6 Å². The zero-order valence-electron chi connectivity index (χ0n) is 20.7. The van der Waals surface area contributed by atoms with Crippen LogP contribution in [0.4, 0.5) is 5.82 Å². The number of amides is 2. The number of rotatable bonds is 12. The van der Waals surface area contributed by atoms with Gasteiger partial charge in [-0.3, -0.25) is 14.4 Å². The van der Waals surface area contributed by atoms with Crippen molar-refractivity contribution in [1.29, 1.82) is 0 Å². The van der Waals surface area contributed by atoms with Crippen LogP contribution in [0.5, 0.6) is 0 Å². The molecule has 0 radical (unpaired) electrons. The van der Waals surface area contributed by atoms with Crippen LogP contribution in [0.15, 0.2) is 79.0 Å². The summed E-state index contributed by atoms with van der Waals surface area (Å²) in [5, 5.41) is 17.7. The number of anilines is 1. The Hall–Kier alpha value is -3.20. The van der Waals surface area contributed by atoms with E-state index < -0.39 is 17.9 Å². The fourth-order valence-corrected chi connectivity index (χ4v) is 3.41. The molecule has 2 amide bonds. The first kappa shape index (κ1) is 28.0. The Bertz CT molecular complexity index is 1090. The maximum absolute atomic E-state index is 12.4. The predicted octanol–water partition coefficient (Wildman–Crippen LogP) is 0.506. The van der Waals surface area contributed by atoms with E-state index in [1.54, 1.807) is 6.20 Å². The summed E-state index contributed by atoms with van der Waals surface area (Å²) in [6, 6.07) is 22.1. The fourth-order valence-electron chi connectivity index (χ4n) is 3.41. The number of nitrogens with zero attached hydrogens (tertiary/aromatic N) is 1. The smallest absolute Gasteiger partial charge is 1.00 e. The first-order chi connectivity index (χ1) is 16.5. The second kappa shape index (κ2) is 14.9. The van der Waals surface area contributed by atoms with Crippen LogP contribution in [0.25, 0.3) is 11.1 Å². The van der Waals surface area contributed by atoms with Gasteiger partial charge in [0.05, 0.1) is 19.0 Å². The minimum absolute atomic E-state index is 0. The Morgan fingerprint density at radius 2 is 1.57 bits per heavy atom. The summed E-state index contributed by atoms with van der Waals surface area (Å²) in [5.74, 6) is -0.983. The van der Waals surface area contributed by atoms with Crippen molar-refractivity contribution in [2.24, 2.45) is 0 Å². The third-order valence-corrected chi connectivity index (χ3v) is 5.13. The van der Waals surface area contributed by atoms with Crippen LogP contribution in [0.3, 0.4) is 0 Å². The molecule has 9 heteroatoms. The molecule has 1 heterocycles. The Morgan fingerprint density at radius 3 is 2.23 bits per heavy atom. The van der Waals surface area contributed by atoms with Gasteiger partial charge in [0.15, 0.2) is 0 Å². The van der Waals surface area contributed by atoms with Gasteiger partial charge in [0.2, 0.25) is 11.8 Å². The molecule has 2 aromatic carbocycles. The number of hydrogen-bond acceptors (Lipinski definition) is 5. The Balaban J connectivity index is 0.00000324. The molecule has 0 saturated carbocycles. The largest absolute Gasteiger partial charge is 1.00 e. The summed E-state index contributed by atoms with van der Waals surface area (Å²) in [4.78, 5) is 39.9. The SMILES string of the molecule is O=C(O)CC(NC(=O)CNC(=O)CCCNc1ccccn1)c1ccc(-c2ccccc2)cc1.[H-].[Na+]. The topological polar surface area (TPSA) is 120 Å². The number of carboxylic acids is 1. The van der Waals surface area contributed by atoms with Crippen molar-refractivity contribution < 1.29 is 50.5 Å². The number of nitrogens with one attached hydrogen (secondary N) is 3. The number of hydrogen-bond donors (Lipinski definition) is 4. The van der Waals surface area contributed by atoms with Gasteiger partial charge in [-0.15, -0.1) is 0 Å². The third kappa shape index (κ3) is 9.90. The molecular formula is C26H29N4NaO4. The second-order valence-electron chi connectivity index (χ2n) is 7.73. The summed E-state index contributed by atoms with van der Waals surface area (Å²) in [7, 11) is 0. The molecule has 0 aliphatic rings. The zero-order valence-corrected chi connectivity index (χ0v) is 21.7. The Labute approximate surface area is 228 Å². The van der Waals surface area contributed by atoms with Crippen molar-refractivity contribution >= 4 is 23.6 Å². The predicted molar refractivity (Wildman–Crippen MR) is 131 cm³/mol. The molecule has 1 aromatic heterocycles. The van der Waals surface area contributed by atoms with Crippen LogP contribution >= 0.6 is 0 Å². The van der Waals surface area contributed by atoms with Gasteiger partial charge >= 0.3 is 35.5 Å². The number of carbonyl (C=O) groups excluding carboxylic acids is 2. The summed E-state index contributed by atoms with van der Waals surface area (Å²) in [5.41, 5.74) is 2.72. The molecule has 1 atom stereocenters. The average Bonchev–Trinajstić information content (AvgIpc) is 2.86. The molecule has 178 valence electrons. The number of aromatic nitrogens is 1. The summed E-state index contributed by atoms with van der Waals surface area (Å²) < 4.78 is 0. The maximum Gasteiger partial charge on any atom is 1.00 e. The van der Waals surface area contributed by atoms with Gasteiger partial charge < -0.3 is 22.5 Å². The molecule has 3 rings (SSSR count). The second-order valence-corrected chi connectivity index (χ2v) is 7.73. The van der Waals surface area contributed by atoms with Gasteiger partial charge in [0.1, 0.15) is 5.82 Å². The molecule has 35 heavy (non-hydrogen) atoms. The van der Waals surface area contributed by atoms with E-state index in [1.165, 1.54) is 0 Å². The third-order valence-electron chi connectivity index (χ3n) is 5.13. The van der Waals surface area contributed by atoms with E-state index in [-0.39, 0.29) is 56.3 Å². The number of pyridine rings is 1. The zero-order chi connectivity index (χ0) is 24.2. The average molecular weight is 485 g/mol. The van der Waals surface area contributed by atoms with E-state index in [0.29, 0.717) is 18.5 Å². The van der Waals surface area contributed by atoms with Crippen molar-refractivity contribution in [3.05, 3.63) is 84.6 Å². The fraction of sp³-hybridized carbons (Fsp3) is 0.231.